The third-order valence-electron chi connectivity index (χ3n) is 7.44. The first-order valence-corrected chi connectivity index (χ1v) is 13.6. The number of piperazine rings is 1. The molecule has 0 unspecified atom stereocenters. The molecule has 0 saturated carbocycles. The van der Waals surface area contributed by atoms with Gasteiger partial charge in [0.05, 0.1) is 24.1 Å². The average Bonchev–Trinajstić information content (AvgIpc) is 3.18. The molecule has 1 fully saturated rings. The van der Waals surface area contributed by atoms with Crippen molar-refractivity contribution in [1.82, 2.24) is 19.6 Å². The first-order chi connectivity index (χ1) is 18.7. The van der Waals surface area contributed by atoms with Crippen molar-refractivity contribution in [3.05, 3.63) is 65.9 Å². The van der Waals surface area contributed by atoms with Gasteiger partial charge in [-0.3, -0.25) is 19.8 Å². The molecule has 1 saturated heterocycles. The lowest BCUT2D eigenvalue weighted by atomic mass is 9.92. The van der Waals surface area contributed by atoms with E-state index in [2.05, 4.69) is 41.0 Å². The Hall–Kier alpha value is -3.85. The van der Waals surface area contributed by atoms with Crippen LogP contribution in [0.3, 0.4) is 0 Å². The number of nitrogens with one attached hydrogen (secondary N) is 2. The van der Waals surface area contributed by atoms with Gasteiger partial charge < -0.3 is 19.9 Å². The normalized spacial score (nSPS) is 15.7. The van der Waals surface area contributed by atoms with Gasteiger partial charge in [0, 0.05) is 44.4 Å². The molecule has 9 heteroatoms. The van der Waals surface area contributed by atoms with Gasteiger partial charge in [0.2, 0.25) is 0 Å². The van der Waals surface area contributed by atoms with E-state index in [0.29, 0.717) is 29.1 Å². The summed E-state index contributed by atoms with van der Waals surface area (Å²) < 4.78 is 7.71. The third-order valence-corrected chi connectivity index (χ3v) is 7.44. The molecule has 9 nitrogen and oxygen atoms in total. The summed E-state index contributed by atoms with van der Waals surface area (Å²) >= 11 is 0. The Bertz CT molecular complexity index is 1320. The quantitative estimate of drug-likeness (QED) is 0.354. The molecule has 1 amide bonds. The van der Waals surface area contributed by atoms with E-state index in [-0.39, 0.29) is 12.5 Å². The van der Waals surface area contributed by atoms with Crippen LogP contribution < -0.4 is 15.0 Å². The Morgan fingerprint density at radius 2 is 1.77 bits per heavy atom. The average molecular weight is 530 g/mol. The van der Waals surface area contributed by atoms with E-state index in [9.17, 15) is 4.79 Å². The van der Waals surface area contributed by atoms with Crippen molar-refractivity contribution in [3.63, 3.8) is 0 Å². The minimum atomic E-state index is -0.0930. The molecule has 3 aromatic rings. The maximum atomic E-state index is 13.6. The van der Waals surface area contributed by atoms with Gasteiger partial charge in [-0.1, -0.05) is 32.9 Å². The van der Waals surface area contributed by atoms with Crippen molar-refractivity contribution in [1.29, 1.82) is 5.41 Å². The summed E-state index contributed by atoms with van der Waals surface area (Å²) in [6.45, 7) is 12.2. The maximum absolute atomic E-state index is 13.6. The zero-order valence-corrected chi connectivity index (χ0v) is 23.4. The van der Waals surface area contributed by atoms with Crippen LogP contribution in [0, 0.1) is 10.8 Å². The van der Waals surface area contributed by atoms with Gasteiger partial charge in [0.25, 0.3) is 5.91 Å². The number of carbonyl (C=O) groups excluding carboxylic acids is 1. The highest BCUT2D eigenvalue weighted by molar-refractivity contribution is 6.08. The van der Waals surface area contributed by atoms with Gasteiger partial charge in [-0.15, -0.1) is 0 Å². The highest BCUT2D eigenvalue weighted by Crippen LogP contribution is 2.36. The molecule has 206 valence electrons. The van der Waals surface area contributed by atoms with Crippen molar-refractivity contribution < 1.29 is 9.53 Å². The lowest BCUT2D eigenvalue weighted by molar-refractivity contribution is 0.0985. The zero-order chi connectivity index (χ0) is 27.6. The van der Waals surface area contributed by atoms with Gasteiger partial charge >= 0.3 is 0 Å². The minimum absolute atomic E-state index is 0.0930. The lowest BCUT2D eigenvalue weighted by Gasteiger charge is -2.37. The number of amidine groups is 1. The van der Waals surface area contributed by atoms with Gasteiger partial charge in [0.15, 0.2) is 0 Å². The zero-order valence-electron chi connectivity index (χ0n) is 23.4. The summed E-state index contributed by atoms with van der Waals surface area (Å²) in [5.74, 6) is 1.93. The minimum Gasteiger partial charge on any atom is -0.486 e. The second-order valence-corrected chi connectivity index (χ2v) is 11.6. The Morgan fingerprint density at radius 3 is 2.49 bits per heavy atom. The van der Waals surface area contributed by atoms with Crippen LogP contribution >= 0.6 is 0 Å². The fraction of sp³-hybridized carbons (Fsp3) is 0.433. The summed E-state index contributed by atoms with van der Waals surface area (Å²) in [6.07, 6.45) is 2.98. The maximum Gasteiger partial charge on any atom is 0.258 e. The number of aromatic nitrogens is 2. The topological polar surface area (TPSA) is 89.7 Å². The number of hydrogen-bond donors (Lipinski definition) is 2. The van der Waals surface area contributed by atoms with E-state index in [1.54, 1.807) is 27.9 Å². The third kappa shape index (κ3) is 6.25. The van der Waals surface area contributed by atoms with Crippen LogP contribution in [0.25, 0.3) is 0 Å². The number of ether oxygens (including phenoxy) is 1. The summed E-state index contributed by atoms with van der Waals surface area (Å²) in [5, 5.41) is 16.3. The molecule has 0 atom stereocenters. The van der Waals surface area contributed by atoms with Crippen LogP contribution in [0.15, 0.2) is 54.7 Å². The smallest absolute Gasteiger partial charge is 0.258 e. The Morgan fingerprint density at radius 1 is 1.05 bits per heavy atom. The first kappa shape index (κ1) is 26.7. The number of rotatable bonds is 6. The largest absolute Gasteiger partial charge is 0.486 e. The summed E-state index contributed by atoms with van der Waals surface area (Å²) in [6, 6.07) is 15.0. The van der Waals surface area contributed by atoms with E-state index >= 15 is 0 Å². The summed E-state index contributed by atoms with van der Waals surface area (Å²) in [4.78, 5) is 20.0. The molecular weight excluding hydrogens is 490 g/mol. The van der Waals surface area contributed by atoms with Crippen LogP contribution in [-0.2, 0) is 13.6 Å². The van der Waals surface area contributed by atoms with E-state index in [1.807, 2.05) is 43.4 Å². The van der Waals surface area contributed by atoms with Gasteiger partial charge in [-0.05, 0) is 54.8 Å². The fourth-order valence-corrected chi connectivity index (χ4v) is 4.97. The molecule has 0 spiro atoms. The Balaban J connectivity index is 1.18. The van der Waals surface area contributed by atoms with E-state index in [4.69, 9.17) is 10.1 Å². The Labute approximate surface area is 230 Å². The molecule has 2 N–H and O–H groups in total. The number of amides is 1. The van der Waals surface area contributed by atoms with E-state index in [1.165, 1.54) is 6.42 Å². The SMILES string of the molecule is Cn1ncc2c1Nc1ccccc1N(C(=O)c1ccc(OCC(=N)N3CCN(CCC(C)(C)C)CC3)cc1)C2. The summed E-state index contributed by atoms with van der Waals surface area (Å²) in [5.41, 5.74) is 3.56. The van der Waals surface area contributed by atoms with Crippen LogP contribution in [0.4, 0.5) is 17.2 Å². The number of carbonyl (C=O) groups is 1. The molecule has 1 aromatic heterocycles. The number of hydrogen-bond acceptors (Lipinski definition) is 6. The van der Waals surface area contributed by atoms with Crippen molar-refractivity contribution >= 4 is 28.9 Å². The molecule has 39 heavy (non-hydrogen) atoms. The second-order valence-electron chi connectivity index (χ2n) is 11.6. The van der Waals surface area contributed by atoms with Gasteiger partial charge in [-0.25, -0.2) is 0 Å². The monoisotopic (exact) mass is 529 g/mol. The van der Waals surface area contributed by atoms with E-state index in [0.717, 1.165) is 55.5 Å². The lowest BCUT2D eigenvalue weighted by Crippen LogP contribution is -2.50. The molecule has 2 aromatic carbocycles. The van der Waals surface area contributed by atoms with Crippen LogP contribution in [0.5, 0.6) is 5.75 Å². The molecular formula is C30H39N7O2. The van der Waals surface area contributed by atoms with Gasteiger partial charge in [0.1, 0.15) is 24.0 Å². The van der Waals surface area contributed by atoms with Crippen molar-refractivity contribution in [2.75, 3.05) is 49.5 Å². The number of nitrogens with zero attached hydrogens (tertiary/aromatic N) is 5. The van der Waals surface area contributed by atoms with Crippen LogP contribution in [0.1, 0.15) is 43.1 Å². The predicted octanol–water partition coefficient (Wildman–Crippen LogP) is 4.73. The number of aryl methyl sites for hydroxylation is 1. The highest BCUT2D eigenvalue weighted by atomic mass is 16.5. The van der Waals surface area contributed by atoms with Crippen molar-refractivity contribution in [2.24, 2.45) is 12.5 Å². The van der Waals surface area contributed by atoms with Crippen molar-refractivity contribution in [2.45, 2.75) is 33.7 Å². The number of anilines is 3. The number of fused-ring (bicyclic) bond motifs is 2. The molecule has 2 aliphatic rings. The Kier molecular flexibility index (Phi) is 7.61. The van der Waals surface area contributed by atoms with Gasteiger partial charge in [-0.2, -0.15) is 5.10 Å². The molecule has 0 radical (unpaired) electrons. The van der Waals surface area contributed by atoms with Crippen LogP contribution in [-0.4, -0.2) is 70.7 Å². The molecule has 0 aliphatic carbocycles. The molecule has 0 bridgehead atoms. The highest BCUT2D eigenvalue weighted by Gasteiger charge is 2.27. The predicted molar refractivity (Wildman–Crippen MR) is 155 cm³/mol. The van der Waals surface area contributed by atoms with E-state index < -0.39 is 0 Å². The molecule has 5 rings (SSSR count). The number of benzene rings is 2. The van der Waals surface area contributed by atoms with Crippen molar-refractivity contribution in [3.8, 4) is 5.75 Å². The molecule has 3 heterocycles. The first-order valence-electron chi connectivity index (χ1n) is 13.6. The summed E-state index contributed by atoms with van der Waals surface area (Å²) in [7, 11) is 1.89. The molecule has 2 aliphatic heterocycles. The van der Waals surface area contributed by atoms with Crippen LogP contribution in [0.2, 0.25) is 0 Å². The number of para-hydroxylation sites is 2. The fourth-order valence-electron chi connectivity index (χ4n) is 4.97. The second kappa shape index (κ2) is 11.1. The standard InChI is InChI=1S/C30H39N7O2/c1-30(2,3)13-14-35-15-17-36(18-16-35)27(31)21-39-24-11-9-22(10-12-24)29(38)37-20-23-19-32-34(4)28(23)33-25-7-5-6-8-26(25)37/h5-12,19,31,33H,13-18,20-21H2,1-4H3.